The summed E-state index contributed by atoms with van der Waals surface area (Å²) in [6, 6.07) is 11.3. The van der Waals surface area contributed by atoms with Gasteiger partial charge in [0.15, 0.2) is 0 Å². The van der Waals surface area contributed by atoms with Gasteiger partial charge >= 0.3 is 0 Å². The molecule has 84 valence electrons. The quantitative estimate of drug-likeness (QED) is 0.885. The van der Waals surface area contributed by atoms with Crippen molar-refractivity contribution in [2.24, 2.45) is 0 Å². The summed E-state index contributed by atoms with van der Waals surface area (Å²) in [5, 5.41) is 9.92. The molecule has 0 aliphatic rings. The number of furan rings is 1. The van der Waals surface area contributed by atoms with E-state index in [1.807, 2.05) is 36.4 Å². The third-order valence-electron chi connectivity index (χ3n) is 2.30. The minimum atomic E-state index is -0.398. The fourth-order valence-electron chi connectivity index (χ4n) is 1.58. The highest BCUT2D eigenvalue weighted by Gasteiger charge is 2.09. The Kier molecular flexibility index (Phi) is 3.32. The second-order valence-corrected chi connectivity index (χ2v) is 4.21. The van der Waals surface area contributed by atoms with Crippen LogP contribution in [0.2, 0.25) is 5.02 Å². The third-order valence-corrected chi connectivity index (χ3v) is 2.63. The van der Waals surface area contributed by atoms with Crippen LogP contribution < -0.4 is 0 Å². The molecule has 0 saturated heterocycles. The molecule has 1 aromatic heterocycles. The topological polar surface area (TPSA) is 33.4 Å². The minimum absolute atomic E-state index is 0.398. The molecule has 0 aliphatic heterocycles. The first-order chi connectivity index (χ1) is 7.66. The highest BCUT2D eigenvalue weighted by molar-refractivity contribution is 6.33. The van der Waals surface area contributed by atoms with E-state index in [1.54, 1.807) is 6.92 Å². The first-order valence-electron chi connectivity index (χ1n) is 5.18. The Hall–Kier alpha value is -1.25. The Labute approximate surface area is 99.5 Å². The van der Waals surface area contributed by atoms with Crippen LogP contribution in [0, 0.1) is 0 Å². The molecular weight excluding hydrogens is 224 g/mol. The van der Waals surface area contributed by atoms with Gasteiger partial charge < -0.3 is 9.52 Å². The van der Waals surface area contributed by atoms with Gasteiger partial charge in [-0.15, -0.1) is 0 Å². The van der Waals surface area contributed by atoms with E-state index in [9.17, 15) is 5.11 Å². The molecule has 2 rings (SSSR count). The maximum Gasteiger partial charge on any atom is 0.135 e. The monoisotopic (exact) mass is 236 g/mol. The van der Waals surface area contributed by atoms with Crippen molar-refractivity contribution < 1.29 is 9.52 Å². The van der Waals surface area contributed by atoms with Crippen molar-refractivity contribution in [1.82, 2.24) is 0 Å². The molecule has 1 unspecified atom stereocenters. The summed E-state index contributed by atoms with van der Waals surface area (Å²) in [5.41, 5.74) is 0.876. The van der Waals surface area contributed by atoms with Crippen LogP contribution in [0.25, 0.3) is 11.3 Å². The Morgan fingerprint density at radius 2 is 2.00 bits per heavy atom. The Balaban J connectivity index is 2.28. The standard InChI is InChI=1S/C13H13ClO2/c1-9(15)8-10-6-7-13(16-10)11-4-2-3-5-12(11)14/h2-7,9,15H,8H2,1H3. The Morgan fingerprint density at radius 3 is 2.69 bits per heavy atom. The highest BCUT2D eigenvalue weighted by Crippen LogP contribution is 2.29. The lowest BCUT2D eigenvalue weighted by atomic mass is 10.2. The molecule has 3 heteroatoms. The highest BCUT2D eigenvalue weighted by atomic mass is 35.5. The van der Waals surface area contributed by atoms with Gasteiger partial charge in [0.25, 0.3) is 0 Å². The van der Waals surface area contributed by atoms with E-state index in [0.29, 0.717) is 11.4 Å². The zero-order chi connectivity index (χ0) is 11.5. The maximum absolute atomic E-state index is 9.25. The molecule has 1 N–H and O–H groups in total. The molecule has 1 aromatic carbocycles. The number of hydrogen-bond donors (Lipinski definition) is 1. The van der Waals surface area contributed by atoms with E-state index < -0.39 is 6.10 Å². The lowest BCUT2D eigenvalue weighted by Crippen LogP contribution is -2.02. The molecule has 0 radical (unpaired) electrons. The van der Waals surface area contributed by atoms with E-state index in [-0.39, 0.29) is 0 Å². The predicted octanol–water partition coefficient (Wildman–Crippen LogP) is 3.52. The number of aliphatic hydroxyl groups is 1. The van der Waals surface area contributed by atoms with Crippen LogP contribution in [0.3, 0.4) is 0 Å². The Bertz CT molecular complexity index is 474. The molecule has 0 saturated carbocycles. The van der Waals surface area contributed by atoms with E-state index in [2.05, 4.69) is 0 Å². The lowest BCUT2D eigenvalue weighted by Gasteiger charge is -2.01. The van der Waals surface area contributed by atoms with Crippen LogP contribution >= 0.6 is 11.6 Å². The minimum Gasteiger partial charge on any atom is -0.461 e. The first kappa shape index (κ1) is 11.2. The van der Waals surface area contributed by atoms with Gasteiger partial charge in [0.1, 0.15) is 11.5 Å². The largest absolute Gasteiger partial charge is 0.461 e. The van der Waals surface area contributed by atoms with Crippen molar-refractivity contribution in [1.29, 1.82) is 0 Å². The molecule has 16 heavy (non-hydrogen) atoms. The van der Waals surface area contributed by atoms with Crippen LogP contribution in [0.15, 0.2) is 40.8 Å². The second kappa shape index (κ2) is 4.73. The van der Waals surface area contributed by atoms with Gasteiger partial charge in [-0.1, -0.05) is 23.7 Å². The summed E-state index contributed by atoms with van der Waals surface area (Å²) in [7, 11) is 0. The molecule has 2 nitrogen and oxygen atoms in total. The van der Waals surface area contributed by atoms with Gasteiger partial charge in [-0.25, -0.2) is 0 Å². The van der Waals surface area contributed by atoms with Crippen molar-refractivity contribution in [3.05, 3.63) is 47.2 Å². The summed E-state index contributed by atoms with van der Waals surface area (Å²) in [5.74, 6) is 1.51. The summed E-state index contributed by atoms with van der Waals surface area (Å²) in [6.07, 6.45) is 0.120. The van der Waals surface area contributed by atoms with Crippen LogP contribution in [0.4, 0.5) is 0 Å². The number of halogens is 1. The summed E-state index contributed by atoms with van der Waals surface area (Å²) < 4.78 is 5.62. The average molecular weight is 237 g/mol. The van der Waals surface area contributed by atoms with E-state index >= 15 is 0 Å². The molecule has 0 spiro atoms. The van der Waals surface area contributed by atoms with Gasteiger partial charge in [0.2, 0.25) is 0 Å². The molecule has 0 fully saturated rings. The van der Waals surface area contributed by atoms with Gasteiger partial charge in [0, 0.05) is 12.0 Å². The van der Waals surface area contributed by atoms with Crippen molar-refractivity contribution in [3.8, 4) is 11.3 Å². The first-order valence-corrected chi connectivity index (χ1v) is 5.56. The van der Waals surface area contributed by atoms with Crippen molar-refractivity contribution >= 4 is 11.6 Å². The molecule has 1 heterocycles. The van der Waals surface area contributed by atoms with Crippen LogP contribution in [-0.2, 0) is 6.42 Å². The van der Waals surface area contributed by atoms with Crippen LogP contribution in [0.5, 0.6) is 0 Å². The van der Waals surface area contributed by atoms with Crippen LogP contribution in [-0.4, -0.2) is 11.2 Å². The normalized spacial score (nSPS) is 12.7. The van der Waals surface area contributed by atoms with Crippen LogP contribution in [0.1, 0.15) is 12.7 Å². The third kappa shape index (κ3) is 2.46. The maximum atomic E-state index is 9.25. The zero-order valence-corrected chi connectivity index (χ0v) is 9.74. The van der Waals surface area contributed by atoms with Gasteiger partial charge in [-0.2, -0.15) is 0 Å². The predicted molar refractivity (Wildman–Crippen MR) is 64.5 cm³/mol. The molecule has 0 aliphatic carbocycles. The van der Waals surface area contributed by atoms with E-state index in [0.717, 1.165) is 17.1 Å². The van der Waals surface area contributed by atoms with E-state index in [1.165, 1.54) is 0 Å². The number of rotatable bonds is 3. The fraction of sp³-hybridized carbons (Fsp3) is 0.231. The van der Waals surface area contributed by atoms with Gasteiger partial charge in [-0.05, 0) is 31.2 Å². The van der Waals surface area contributed by atoms with Crippen molar-refractivity contribution in [2.75, 3.05) is 0 Å². The molecule has 1 atom stereocenters. The van der Waals surface area contributed by atoms with Gasteiger partial charge in [0.05, 0.1) is 11.1 Å². The SMILES string of the molecule is CC(O)Cc1ccc(-c2ccccc2Cl)o1. The van der Waals surface area contributed by atoms with E-state index in [4.69, 9.17) is 16.0 Å². The fourth-order valence-corrected chi connectivity index (χ4v) is 1.81. The second-order valence-electron chi connectivity index (χ2n) is 3.80. The van der Waals surface area contributed by atoms with Crippen molar-refractivity contribution in [2.45, 2.75) is 19.4 Å². The smallest absolute Gasteiger partial charge is 0.135 e. The zero-order valence-electron chi connectivity index (χ0n) is 8.98. The summed E-state index contributed by atoms with van der Waals surface area (Å²) >= 11 is 6.06. The molecule has 0 bridgehead atoms. The molecular formula is C13H13ClO2. The number of aliphatic hydroxyl groups excluding tert-OH is 1. The average Bonchev–Trinajstić information content (AvgIpc) is 2.66. The molecule has 2 aromatic rings. The molecule has 0 amide bonds. The number of hydrogen-bond acceptors (Lipinski definition) is 2. The van der Waals surface area contributed by atoms with Crippen molar-refractivity contribution in [3.63, 3.8) is 0 Å². The van der Waals surface area contributed by atoms with Gasteiger partial charge in [-0.3, -0.25) is 0 Å². The summed E-state index contributed by atoms with van der Waals surface area (Å²) in [4.78, 5) is 0. The lowest BCUT2D eigenvalue weighted by molar-refractivity contribution is 0.187. The Morgan fingerprint density at radius 1 is 1.25 bits per heavy atom. The summed E-state index contributed by atoms with van der Waals surface area (Å²) in [6.45, 7) is 1.73. The number of benzene rings is 1.